The highest BCUT2D eigenvalue weighted by Crippen LogP contribution is 2.22. The van der Waals surface area contributed by atoms with Gasteiger partial charge >= 0.3 is 0 Å². The summed E-state index contributed by atoms with van der Waals surface area (Å²) in [6.45, 7) is 0.444. The second kappa shape index (κ2) is 6.24. The number of halogens is 1. The fraction of sp³-hybridized carbons (Fsp3) is 0.231. The van der Waals surface area contributed by atoms with Crippen molar-refractivity contribution in [3.63, 3.8) is 0 Å². The molecule has 19 heavy (non-hydrogen) atoms. The van der Waals surface area contributed by atoms with Crippen LogP contribution in [0.4, 0.5) is 0 Å². The number of benzene rings is 1. The van der Waals surface area contributed by atoms with Gasteiger partial charge in [0, 0.05) is 25.4 Å². The number of para-hydroxylation sites is 1. The Morgan fingerprint density at radius 1 is 1.47 bits per heavy atom. The minimum Gasteiger partial charge on any atom is -0.482 e. The molecular weight excluding hydrogens is 266 g/mol. The van der Waals surface area contributed by atoms with Gasteiger partial charge in [-0.2, -0.15) is 5.10 Å². The Morgan fingerprint density at radius 2 is 2.26 bits per heavy atom. The summed E-state index contributed by atoms with van der Waals surface area (Å²) in [5, 5.41) is 7.02. The average Bonchev–Trinajstić information content (AvgIpc) is 2.90. The van der Waals surface area contributed by atoms with E-state index in [1.807, 2.05) is 6.07 Å². The maximum absolute atomic E-state index is 11.9. The smallest absolute Gasteiger partial charge is 0.260 e. The van der Waals surface area contributed by atoms with Crippen LogP contribution in [-0.2, 0) is 11.3 Å². The van der Waals surface area contributed by atoms with Crippen molar-refractivity contribution < 1.29 is 9.53 Å². The largest absolute Gasteiger partial charge is 0.482 e. The molecular formula is C13H14ClN3O2. The number of likely N-dealkylation sites (N-methyl/N-ethyl adjacent to an activating group) is 1. The maximum atomic E-state index is 11.9. The predicted octanol–water partition coefficient (Wildman–Crippen LogP) is 2.10. The first-order valence-electron chi connectivity index (χ1n) is 5.76. The Morgan fingerprint density at radius 3 is 2.95 bits per heavy atom. The van der Waals surface area contributed by atoms with E-state index >= 15 is 0 Å². The number of carbonyl (C=O) groups is 1. The molecule has 0 fully saturated rings. The first-order valence-corrected chi connectivity index (χ1v) is 6.13. The van der Waals surface area contributed by atoms with Crippen molar-refractivity contribution >= 4 is 17.5 Å². The van der Waals surface area contributed by atoms with Gasteiger partial charge in [0.1, 0.15) is 5.75 Å². The monoisotopic (exact) mass is 279 g/mol. The lowest BCUT2D eigenvalue weighted by Gasteiger charge is -2.16. The quantitative estimate of drug-likeness (QED) is 0.912. The van der Waals surface area contributed by atoms with Gasteiger partial charge in [-0.15, -0.1) is 0 Å². The van der Waals surface area contributed by atoms with Crippen LogP contribution in [0.2, 0.25) is 5.02 Å². The molecule has 1 aromatic heterocycles. The summed E-state index contributed by atoms with van der Waals surface area (Å²) >= 11 is 5.94. The molecule has 100 valence electrons. The summed E-state index contributed by atoms with van der Waals surface area (Å²) in [6.07, 6.45) is 3.43. The summed E-state index contributed by atoms with van der Waals surface area (Å²) in [5.74, 6) is 0.385. The summed E-state index contributed by atoms with van der Waals surface area (Å²) in [7, 11) is 1.71. The zero-order valence-electron chi connectivity index (χ0n) is 10.5. The summed E-state index contributed by atoms with van der Waals surface area (Å²) < 4.78 is 5.39. The van der Waals surface area contributed by atoms with Gasteiger partial charge in [-0.3, -0.25) is 9.89 Å². The first kappa shape index (κ1) is 13.4. The molecule has 0 spiro atoms. The lowest BCUT2D eigenvalue weighted by molar-refractivity contribution is -0.132. The van der Waals surface area contributed by atoms with Crippen molar-refractivity contribution in [1.29, 1.82) is 0 Å². The van der Waals surface area contributed by atoms with E-state index in [0.29, 0.717) is 17.3 Å². The molecule has 0 atom stereocenters. The van der Waals surface area contributed by atoms with Crippen LogP contribution in [0.25, 0.3) is 0 Å². The second-order valence-electron chi connectivity index (χ2n) is 4.08. The molecule has 0 saturated heterocycles. The lowest BCUT2D eigenvalue weighted by atomic mass is 10.3. The molecule has 0 aliphatic carbocycles. The van der Waals surface area contributed by atoms with Gasteiger partial charge in [-0.05, 0) is 12.1 Å². The molecule has 1 heterocycles. The molecule has 6 heteroatoms. The number of hydrogen-bond donors (Lipinski definition) is 1. The second-order valence-corrected chi connectivity index (χ2v) is 4.48. The van der Waals surface area contributed by atoms with Crippen LogP contribution in [0.5, 0.6) is 5.75 Å². The molecule has 2 aromatic rings. The van der Waals surface area contributed by atoms with E-state index in [4.69, 9.17) is 16.3 Å². The molecule has 1 N–H and O–H groups in total. The van der Waals surface area contributed by atoms with Crippen LogP contribution < -0.4 is 4.74 Å². The van der Waals surface area contributed by atoms with Crippen molar-refractivity contribution in [2.45, 2.75) is 6.54 Å². The van der Waals surface area contributed by atoms with Crippen molar-refractivity contribution in [1.82, 2.24) is 15.1 Å². The molecule has 5 nitrogen and oxygen atoms in total. The van der Waals surface area contributed by atoms with Gasteiger partial charge in [0.05, 0.1) is 11.2 Å². The Balaban J connectivity index is 1.86. The highest BCUT2D eigenvalue weighted by Gasteiger charge is 2.11. The van der Waals surface area contributed by atoms with Crippen LogP contribution in [0.15, 0.2) is 36.7 Å². The lowest BCUT2D eigenvalue weighted by Crippen LogP contribution is -2.30. The van der Waals surface area contributed by atoms with Crippen LogP contribution in [0, 0.1) is 0 Å². The number of carbonyl (C=O) groups excluding carboxylic acids is 1. The Bertz CT molecular complexity index is 543. The molecule has 1 aromatic carbocycles. The van der Waals surface area contributed by atoms with Crippen molar-refractivity contribution in [3.8, 4) is 5.75 Å². The SMILES string of the molecule is CN(Cc1cn[nH]c1)C(=O)COc1ccccc1Cl. The van der Waals surface area contributed by atoms with Gasteiger partial charge in [0.25, 0.3) is 5.91 Å². The van der Waals surface area contributed by atoms with E-state index in [-0.39, 0.29) is 12.5 Å². The minimum absolute atomic E-state index is 0.0436. The third-order valence-electron chi connectivity index (χ3n) is 2.59. The van der Waals surface area contributed by atoms with Crippen molar-refractivity contribution in [2.24, 2.45) is 0 Å². The van der Waals surface area contributed by atoms with Gasteiger partial charge in [-0.25, -0.2) is 0 Å². The van der Waals surface area contributed by atoms with E-state index in [2.05, 4.69) is 10.2 Å². The van der Waals surface area contributed by atoms with E-state index in [0.717, 1.165) is 5.56 Å². The van der Waals surface area contributed by atoms with Crippen molar-refractivity contribution in [3.05, 3.63) is 47.2 Å². The standard InChI is InChI=1S/C13H14ClN3O2/c1-17(8-10-6-15-16-7-10)13(18)9-19-12-5-3-2-4-11(12)14/h2-7H,8-9H2,1H3,(H,15,16). The van der Waals surface area contributed by atoms with Crippen LogP contribution in [-0.4, -0.2) is 34.7 Å². The number of ether oxygens (including phenoxy) is 1. The molecule has 0 radical (unpaired) electrons. The zero-order chi connectivity index (χ0) is 13.7. The van der Waals surface area contributed by atoms with Gasteiger partial charge in [0.15, 0.2) is 6.61 Å². The molecule has 0 unspecified atom stereocenters. The van der Waals surface area contributed by atoms with E-state index < -0.39 is 0 Å². The molecule has 1 amide bonds. The van der Waals surface area contributed by atoms with Crippen LogP contribution >= 0.6 is 11.6 Å². The van der Waals surface area contributed by atoms with Crippen LogP contribution in [0.3, 0.4) is 0 Å². The number of nitrogens with zero attached hydrogens (tertiary/aromatic N) is 2. The first-order chi connectivity index (χ1) is 9.16. The summed E-state index contributed by atoms with van der Waals surface area (Å²) in [5.41, 5.74) is 0.939. The number of rotatable bonds is 5. The Labute approximate surface area is 116 Å². The number of nitrogens with one attached hydrogen (secondary N) is 1. The third kappa shape index (κ3) is 3.72. The summed E-state index contributed by atoms with van der Waals surface area (Å²) in [4.78, 5) is 13.5. The van der Waals surface area contributed by atoms with Gasteiger partial charge < -0.3 is 9.64 Å². The topological polar surface area (TPSA) is 58.2 Å². The number of amides is 1. The highest BCUT2D eigenvalue weighted by molar-refractivity contribution is 6.32. The van der Waals surface area contributed by atoms with Gasteiger partial charge in [-0.1, -0.05) is 23.7 Å². The molecule has 0 saturated carbocycles. The number of H-pyrrole nitrogens is 1. The average molecular weight is 280 g/mol. The fourth-order valence-electron chi connectivity index (χ4n) is 1.54. The Kier molecular flexibility index (Phi) is 4.41. The number of aromatic amines is 1. The fourth-order valence-corrected chi connectivity index (χ4v) is 1.73. The van der Waals surface area contributed by atoms with Crippen molar-refractivity contribution in [2.75, 3.05) is 13.7 Å². The number of aromatic nitrogens is 2. The molecule has 2 rings (SSSR count). The van der Waals surface area contributed by atoms with Crippen LogP contribution in [0.1, 0.15) is 5.56 Å². The van der Waals surface area contributed by atoms with E-state index in [1.165, 1.54) is 0 Å². The minimum atomic E-state index is -0.124. The normalized spacial score (nSPS) is 10.2. The van der Waals surface area contributed by atoms with E-state index in [1.54, 1.807) is 42.5 Å². The van der Waals surface area contributed by atoms with E-state index in [9.17, 15) is 4.79 Å². The molecule has 0 bridgehead atoms. The number of hydrogen-bond acceptors (Lipinski definition) is 3. The maximum Gasteiger partial charge on any atom is 0.260 e. The highest BCUT2D eigenvalue weighted by atomic mass is 35.5. The molecule has 0 aliphatic heterocycles. The summed E-state index contributed by atoms with van der Waals surface area (Å²) in [6, 6.07) is 7.06. The van der Waals surface area contributed by atoms with Gasteiger partial charge in [0.2, 0.25) is 0 Å². The molecule has 0 aliphatic rings. The third-order valence-corrected chi connectivity index (χ3v) is 2.90. The zero-order valence-corrected chi connectivity index (χ0v) is 11.2. The Hall–Kier alpha value is -2.01. The predicted molar refractivity (Wildman–Crippen MR) is 72.0 cm³/mol.